The molecule has 0 aliphatic rings. The van der Waals surface area contributed by atoms with Crippen LogP contribution in [0.25, 0.3) is 0 Å². The lowest BCUT2D eigenvalue weighted by Crippen LogP contribution is -2.37. The second-order valence-electron chi connectivity index (χ2n) is 18.9. The summed E-state index contributed by atoms with van der Waals surface area (Å²) in [5.41, 5.74) is 0. The fraction of sp³-hybridized carbons (Fsp3) is 0.782. The van der Waals surface area contributed by atoms with Gasteiger partial charge in [0.2, 0.25) is 0 Å². The molecule has 0 aliphatic carbocycles. The topological polar surface area (TPSA) is 111 Å². The molecule has 0 rings (SSSR count). The van der Waals surface area contributed by atoms with Gasteiger partial charge in [-0.15, -0.1) is 0 Å². The molecule has 10 heteroatoms. The molecule has 0 heterocycles. The van der Waals surface area contributed by atoms with Crippen molar-refractivity contribution < 1.29 is 42.1 Å². The number of esters is 2. The molecule has 0 N–H and O–H groups in total. The number of phosphoric acid groups is 1. The molecule has 9 nitrogen and oxygen atoms in total. The van der Waals surface area contributed by atoms with Crippen LogP contribution in [0, 0.1) is 0 Å². The van der Waals surface area contributed by atoms with Crippen LogP contribution in [0.4, 0.5) is 0 Å². The van der Waals surface area contributed by atoms with Gasteiger partial charge in [-0.3, -0.25) is 14.2 Å². The Balaban J connectivity index is 4.24. The van der Waals surface area contributed by atoms with Gasteiger partial charge >= 0.3 is 11.9 Å². The number of hydrogen-bond acceptors (Lipinski definition) is 8. The van der Waals surface area contributed by atoms with Crippen LogP contribution in [0.5, 0.6) is 0 Å². The van der Waals surface area contributed by atoms with Crippen molar-refractivity contribution in [3.05, 3.63) is 60.8 Å². The molecule has 0 bridgehead atoms. The quantitative estimate of drug-likeness (QED) is 0.0195. The first kappa shape index (κ1) is 62.7. The van der Waals surface area contributed by atoms with Crippen molar-refractivity contribution in [2.24, 2.45) is 0 Å². The number of rotatable bonds is 48. The number of ether oxygens (including phenoxy) is 2. The Hall–Kier alpha value is -2.29. The smallest absolute Gasteiger partial charge is 0.306 e. The molecule has 0 amide bonds. The number of carbonyl (C=O) groups is 2. The van der Waals surface area contributed by atoms with Crippen LogP contribution in [-0.4, -0.2) is 70.0 Å². The van der Waals surface area contributed by atoms with Crippen molar-refractivity contribution in [3.63, 3.8) is 0 Å². The van der Waals surface area contributed by atoms with Crippen molar-refractivity contribution in [2.75, 3.05) is 47.5 Å². The van der Waals surface area contributed by atoms with Crippen molar-refractivity contribution >= 4 is 19.8 Å². The SMILES string of the molecule is CC/C=C\C/C=C\C/C=C\C/C=C\CCCCCCCCCCCCC(=O)OC(COC(=O)CCCCCCCCC/C=C\CCCCCCCCC)COP(=O)([O-])OCC[N+](C)(C)C. The highest BCUT2D eigenvalue weighted by Gasteiger charge is 2.21. The highest BCUT2D eigenvalue weighted by Crippen LogP contribution is 2.38. The average molecular weight is 934 g/mol. The van der Waals surface area contributed by atoms with E-state index in [0.29, 0.717) is 17.4 Å². The highest BCUT2D eigenvalue weighted by molar-refractivity contribution is 7.45. The number of phosphoric ester groups is 1. The van der Waals surface area contributed by atoms with E-state index in [0.717, 1.165) is 83.5 Å². The van der Waals surface area contributed by atoms with Gasteiger partial charge in [-0.25, -0.2) is 0 Å². The Morgan fingerprint density at radius 1 is 0.492 bits per heavy atom. The van der Waals surface area contributed by atoms with Gasteiger partial charge < -0.3 is 27.9 Å². The summed E-state index contributed by atoms with van der Waals surface area (Å²) in [6.45, 7) is 4.12. The first-order valence-corrected chi connectivity index (χ1v) is 28.0. The fourth-order valence-corrected chi connectivity index (χ4v) is 7.90. The van der Waals surface area contributed by atoms with Gasteiger partial charge in [0.1, 0.15) is 19.8 Å². The number of nitrogens with zero attached hydrogens (tertiary/aromatic N) is 1. The number of unbranched alkanes of at least 4 members (excludes halogenated alkanes) is 24. The lowest BCUT2D eigenvalue weighted by molar-refractivity contribution is -0.870. The maximum atomic E-state index is 12.8. The summed E-state index contributed by atoms with van der Waals surface area (Å²) in [6.07, 6.45) is 58.2. The molecule has 0 aromatic carbocycles. The van der Waals surface area contributed by atoms with E-state index in [1.165, 1.54) is 109 Å². The number of hydrogen-bond donors (Lipinski definition) is 0. The molecular formula is C55H100NO8P. The number of allylic oxidation sites excluding steroid dienone is 10. The minimum Gasteiger partial charge on any atom is -0.756 e. The molecule has 0 saturated carbocycles. The summed E-state index contributed by atoms with van der Waals surface area (Å²) < 4.78 is 34.1. The first-order chi connectivity index (χ1) is 31.5. The minimum absolute atomic E-state index is 0.0340. The Morgan fingerprint density at radius 3 is 1.32 bits per heavy atom. The summed E-state index contributed by atoms with van der Waals surface area (Å²) in [5.74, 6) is -0.841. The second-order valence-corrected chi connectivity index (χ2v) is 20.3. The van der Waals surface area contributed by atoms with E-state index in [1.54, 1.807) is 0 Å². The lowest BCUT2D eigenvalue weighted by Gasteiger charge is -2.28. The molecule has 0 spiro atoms. The van der Waals surface area contributed by atoms with Gasteiger partial charge in [-0.1, -0.05) is 197 Å². The Bertz CT molecular complexity index is 1290. The normalized spacial score (nSPS) is 13.9. The predicted octanol–water partition coefficient (Wildman–Crippen LogP) is 15.3. The molecule has 2 unspecified atom stereocenters. The summed E-state index contributed by atoms with van der Waals surface area (Å²) in [6, 6.07) is 0. The van der Waals surface area contributed by atoms with Crippen LogP contribution in [0.2, 0.25) is 0 Å². The summed E-state index contributed by atoms with van der Waals surface area (Å²) in [4.78, 5) is 37.8. The van der Waals surface area contributed by atoms with E-state index in [-0.39, 0.29) is 32.0 Å². The van der Waals surface area contributed by atoms with E-state index in [2.05, 4.69) is 74.6 Å². The van der Waals surface area contributed by atoms with Crippen LogP contribution in [0.3, 0.4) is 0 Å². The van der Waals surface area contributed by atoms with Crippen LogP contribution in [0.1, 0.15) is 226 Å². The van der Waals surface area contributed by atoms with Crippen LogP contribution >= 0.6 is 7.82 Å². The Morgan fingerprint density at radius 2 is 0.877 bits per heavy atom. The third-order valence-electron chi connectivity index (χ3n) is 11.3. The van der Waals surface area contributed by atoms with E-state index in [4.69, 9.17) is 18.5 Å². The third kappa shape index (κ3) is 51.0. The van der Waals surface area contributed by atoms with Crippen LogP contribution < -0.4 is 4.89 Å². The second kappa shape index (κ2) is 46.8. The van der Waals surface area contributed by atoms with Crippen LogP contribution in [-0.2, 0) is 32.7 Å². The zero-order valence-corrected chi connectivity index (χ0v) is 43.6. The lowest BCUT2D eigenvalue weighted by atomic mass is 10.0. The van der Waals surface area contributed by atoms with Crippen molar-refractivity contribution in [1.29, 1.82) is 0 Å². The number of likely N-dealkylation sites (N-methyl/N-ethyl adjacent to an activating group) is 1. The highest BCUT2D eigenvalue weighted by atomic mass is 31.2. The van der Waals surface area contributed by atoms with Gasteiger partial charge in [0.15, 0.2) is 6.10 Å². The molecule has 0 aromatic rings. The Labute approximate surface area is 400 Å². The molecule has 0 saturated heterocycles. The molecule has 378 valence electrons. The van der Waals surface area contributed by atoms with Crippen molar-refractivity contribution in [3.8, 4) is 0 Å². The zero-order valence-electron chi connectivity index (χ0n) is 42.7. The van der Waals surface area contributed by atoms with Crippen molar-refractivity contribution in [2.45, 2.75) is 232 Å². The van der Waals surface area contributed by atoms with Crippen LogP contribution in [0.15, 0.2) is 60.8 Å². The molecule has 0 radical (unpaired) electrons. The molecular weight excluding hydrogens is 834 g/mol. The summed E-state index contributed by atoms with van der Waals surface area (Å²) in [5, 5.41) is 0. The molecule has 0 aromatic heterocycles. The van der Waals surface area contributed by atoms with E-state index < -0.39 is 26.5 Å². The maximum absolute atomic E-state index is 12.8. The van der Waals surface area contributed by atoms with Gasteiger partial charge in [0.05, 0.1) is 27.7 Å². The zero-order chi connectivity index (χ0) is 47.8. The van der Waals surface area contributed by atoms with Gasteiger partial charge in [-0.2, -0.15) is 0 Å². The minimum atomic E-state index is -4.64. The monoisotopic (exact) mass is 934 g/mol. The average Bonchev–Trinajstić information content (AvgIpc) is 3.26. The fourth-order valence-electron chi connectivity index (χ4n) is 7.17. The number of carbonyl (C=O) groups excluding carboxylic acids is 2. The maximum Gasteiger partial charge on any atom is 0.306 e. The van der Waals surface area contributed by atoms with E-state index in [9.17, 15) is 19.0 Å². The van der Waals surface area contributed by atoms with Gasteiger partial charge in [0.25, 0.3) is 7.82 Å². The standard InChI is InChI=1S/C55H100NO8P/c1-6-8-10-12-14-16-18-20-22-24-26-27-28-29-30-32-34-36-38-40-42-44-46-48-55(58)64-53(52-63-65(59,60)62-50-49-56(3,4)5)51-61-54(57)47-45-43-41-39-37-35-33-31-25-23-21-19-17-15-13-11-9-7-2/h8,10,14,16,20,22-23,25-27,53H,6-7,9,11-13,15,17-19,21,24,28-52H2,1-5H3/b10-8-,16-14-,22-20-,25-23-,27-26-. The molecule has 65 heavy (non-hydrogen) atoms. The Kier molecular flexibility index (Phi) is 45.2. The summed E-state index contributed by atoms with van der Waals surface area (Å²) in [7, 11) is 1.16. The molecule has 2 atom stereocenters. The van der Waals surface area contributed by atoms with E-state index >= 15 is 0 Å². The third-order valence-corrected chi connectivity index (χ3v) is 12.2. The van der Waals surface area contributed by atoms with E-state index in [1.807, 2.05) is 21.1 Å². The summed E-state index contributed by atoms with van der Waals surface area (Å²) >= 11 is 0. The first-order valence-electron chi connectivity index (χ1n) is 26.5. The van der Waals surface area contributed by atoms with Gasteiger partial charge in [-0.05, 0) is 77.0 Å². The van der Waals surface area contributed by atoms with Gasteiger partial charge in [0, 0.05) is 12.8 Å². The van der Waals surface area contributed by atoms with Crippen molar-refractivity contribution in [1.82, 2.24) is 0 Å². The largest absolute Gasteiger partial charge is 0.756 e. The molecule has 0 fully saturated rings. The predicted molar refractivity (Wildman–Crippen MR) is 273 cm³/mol. The number of quaternary nitrogens is 1. The molecule has 0 aliphatic heterocycles.